The second-order valence-corrected chi connectivity index (χ2v) is 7.70. The Morgan fingerprint density at radius 1 is 0.833 bits per heavy atom. The lowest BCUT2D eigenvalue weighted by Gasteiger charge is -2.11. The predicted octanol–water partition coefficient (Wildman–Crippen LogP) is 1.66. The Labute approximate surface area is 134 Å². The van der Waals surface area contributed by atoms with Crippen LogP contribution >= 0.6 is 0 Å². The molecule has 0 atom stereocenters. The number of hydrogen-bond acceptors (Lipinski definition) is 4. The summed E-state index contributed by atoms with van der Waals surface area (Å²) in [5.74, 6) is 0. The summed E-state index contributed by atoms with van der Waals surface area (Å²) in [7, 11) is -13.2. The van der Waals surface area contributed by atoms with E-state index in [1.165, 1.54) is 6.42 Å². The van der Waals surface area contributed by atoms with Crippen LogP contribution < -0.4 is 8.69 Å². The number of alkyl halides is 6. The van der Waals surface area contributed by atoms with Crippen molar-refractivity contribution in [1.29, 1.82) is 0 Å². The Kier molecular flexibility index (Phi) is 7.64. The first-order valence-corrected chi connectivity index (χ1v) is 8.96. The maximum atomic E-state index is 11.5. The monoisotopic (exact) mass is 403 g/mol. The third kappa shape index (κ3) is 7.00. The zero-order chi connectivity index (χ0) is 19.2. The molecule has 6 nitrogen and oxygen atoms in total. The van der Waals surface area contributed by atoms with E-state index in [4.69, 9.17) is 0 Å². The minimum atomic E-state index is -6.60. The van der Waals surface area contributed by atoms with Gasteiger partial charge < -0.3 is 0 Å². The van der Waals surface area contributed by atoms with Gasteiger partial charge in [-0.2, -0.15) is 26.3 Å². The van der Waals surface area contributed by atoms with Crippen molar-refractivity contribution in [3.05, 3.63) is 30.6 Å². The van der Waals surface area contributed by atoms with E-state index in [9.17, 15) is 43.2 Å². The smallest absolute Gasteiger partial charge is 0.205 e. The van der Waals surface area contributed by atoms with Crippen molar-refractivity contribution in [3.63, 3.8) is 0 Å². The maximum Gasteiger partial charge on any atom is 0.512 e. The summed E-state index contributed by atoms with van der Waals surface area (Å²) in [6.07, 6.45) is 5.38. The van der Waals surface area contributed by atoms with Gasteiger partial charge in [-0.05, 0) is 0 Å². The van der Waals surface area contributed by atoms with Crippen molar-refractivity contribution in [3.8, 4) is 0 Å². The normalized spacial score (nSPS) is 13.1. The van der Waals surface area contributed by atoms with E-state index in [1.807, 2.05) is 6.07 Å². The van der Waals surface area contributed by atoms with Gasteiger partial charge in [0.2, 0.25) is 0 Å². The standard InChI is InChI=1S/C8H12N.C2HF6NO4S2/c1-2-6-9-7-4-3-5-8-9;3-1(4,5)14(10,11)9-15(12,13)2(6,7)8/h3-5,7-8H,2,6H2,1H3;9H/q+1;. The molecular formula is C10H13F6N2O4S2+. The summed E-state index contributed by atoms with van der Waals surface area (Å²) in [4.78, 5) is 0. The lowest BCUT2D eigenvalue weighted by atomic mass is 10.4. The minimum absolute atomic E-state index is 0.493. The van der Waals surface area contributed by atoms with Crippen molar-refractivity contribution in [2.75, 3.05) is 0 Å². The second-order valence-electron chi connectivity index (χ2n) is 4.10. The van der Waals surface area contributed by atoms with Crippen LogP contribution in [0.1, 0.15) is 13.3 Å². The fourth-order valence-corrected chi connectivity index (χ4v) is 2.99. The van der Waals surface area contributed by atoms with Gasteiger partial charge in [0, 0.05) is 18.6 Å². The van der Waals surface area contributed by atoms with Gasteiger partial charge in [0.1, 0.15) is 6.54 Å². The van der Waals surface area contributed by atoms with Gasteiger partial charge in [0.05, 0.1) is 0 Å². The van der Waals surface area contributed by atoms with Crippen molar-refractivity contribution >= 4 is 20.0 Å². The number of aryl methyl sites for hydroxylation is 1. The van der Waals surface area contributed by atoms with Crippen molar-refractivity contribution in [2.45, 2.75) is 30.9 Å². The number of hydrogen-bond donors (Lipinski definition) is 1. The van der Waals surface area contributed by atoms with Crippen LogP contribution in [0.2, 0.25) is 0 Å². The molecule has 0 aliphatic carbocycles. The largest absolute Gasteiger partial charge is 0.512 e. The quantitative estimate of drug-likeness (QED) is 0.612. The van der Waals surface area contributed by atoms with E-state index in [0.717, 1.165) is 6.54 Å². The summed E-state index contributed by atoms with van der Waals surface area (Å²) in [5, 5.41) is 0. The third-order valence-corrected chi connectivity index (χ3v) is 5.06. The van der Waals surface area contributed by atoms with E-state index in [2.05, 4.69) is 36.0 Å². The molecule has 0 bridgehead atoms. The number of halogens is 6. The first kappa shape index (κ1) is 22.6. The molecule has 140 valence electrons. The Bertz CT molecular complexity index is 672. The highest BCUT2D eigenvalue weighted by Crippen LogP contribution is 2.27. The highest BCUT2D eigenvalue weighted by atomic mass is 32.3. The average molecular weight is 403 g/mol. The molecule has 0 aromatic carbocycles. The van der Waals surface area contributed by atoms with Gasteiger partial charge in [-0.3, -0.25) is 0 Å². The van der Waals surface area contributed by atoms with Crippen LogP contribution in [0.5, 0.6) is 0 Å². The predicted molar refractivity (Wildman–Crippen MR) is 70.0 cm³/mol. The molecule has 0 unspecified atom stereocenters. The van der Waals surface area contributed by atoms with Gasteiger partial charge in [-0.1, -0.05) is 17.1 Å². The van der Waals surface area contributed by atoms with Crippen LogP contribution in [-0.4, -0.2) is 27.9 Å². The molecule has 0 amide bonds. The van der Waals surface area contributed by atoms with Crippen LogP contribution in [0.3, 0.4) is 0 Å². The molecule has 24 heavy (non-hydrogen) atoms. The minimum Gasteiger partial charge on any atom is -0.205 e. The first-order valence-electron chi connectivity index (χ1n) is 5.99. The van der Waals surface area contributed by atoms with Gasteiger partial charge in [0.15, 0.2) is 12.4 Å². The SMILES string of the molecule is CCC[n+]1ccccc1.O=S(=O)(NS(=O)(=O)C(F)(F)F)C(F)(F)F. The molecule has 0 saturated heterocycles. The lowest BCUT2D eigenvalue weighted by Crippen LogP contribution is -2.45. The van der Waals surface area contributed by atoms with E-state index in [1.54, 1.807) is 0 Å². The van der Waals surface area contributed by atoms with Gasteiger partial charge in [-0.15, -0.1) is 0 Å². The Morgan fingerprint density at radius 3 is 1.50 bits per heavy atom. The highest BCUT2D eigenvalue weighted by Gasteiger charge is 2.55. The summed E-state index contributed by atoms with van der Waals surface area (Å²) < 4.78 is 111. The number of nitrogens with one attached hydrogen (secondary N) is 1. The zero-order valence-corrected chi connectivity index (χ0v) is 13.6. The molecule has 0 spiro atoms. The second kappa shape index (κ2) is 8.11. The van der Waals surface area contributed by atoms with Crippen LogP contribution in [0.15, 0.2) is 30.6 Å². The lowest BCUT2D eigenvalue weighted by molar-refractivity contribution is -0.697. The molecular weight excluding hydrogens is 390 g/mol. The number of aromatic nitrogens is 1. The summed E-state index contributed by atoms with van der Waals surface area (Å²) in [6.45, 7) is 3.31. The molecule has 1 heterocycles. The van der Waals surface area contributed by atoms with Crippen molar-refractivity contribution in [1.82, 2.24) is 4.13 Å². The molecule has 0 fully saturated rings. The van der Waals surface area contributed by atoms with E-state index in [-0.39, 0.29) is 0 Å². The summed E-state index contributed by atoms with van der Waals surface area (Å²) in [6, 6.07) is 6.14. The van der Waals surface area contributed by atoms with E-state index in [0.29, 0.717) is 0 Å². The molecule has 0 aliphatic rings. The van der Waals surface area contributed by atoms with Crippen molar-refractivity contribution in [2.24, 2.45) is 0 Å². The topological polar surface area (TPSA) is 84.2 Å². The Morgan fingerprint density at radius 2 is 1.21 bits per heavy atom. The van der Waals surface area contributed by atoms with Crippen LogP contribution in [0.25, 0.3) is 0 Å². The number of pyridine rings is 1. The van der Waals surface area contributed by atoms with Gasteiger partial charge in [-0.25, -0.2) is 21.4 Å². The van der Waals surface area contributed by atoms with Crippen LogP contribution in [-0.2, 0) is 26.6 Å². The van der Waals surface area contributed by atoms with Gasteiger partial charge in [0.25, 0.3) is 0 Å². The number of nitrogens with zero attached hydrogens (tertiary/aromatic N) is 1. The Balaban J connectivity index is 0.000000496. The molecule has 1 N–H and O–H groups in total. The molecule has 0 saturated carbocycles. The maximum absolute atomic E-state index is 11.5. The molecule has 0 radical (unpaired) electrons. The molecule has 1 aromatic rings. The van der Waals surface area contributed by atoms with Crippen LogP contribution in [0.4, 0.5) is 26.3 Å². The average Bonchev–Trinajstić information content (AvgIpc) is 2.37. The summed E-state index contributed by atoms with van der Waals surface area (Å²) in [5.41, 5.74) is -12.3. The molecule has 0 aliphatic heterocycles. The highest BCUT2D eigenvalue weighted by molar-refractivity contribution is 8.05. The molecule has 1 aromatic heterocycles. The van der Waals surface area contributed by atoms with E-state index < -0.39 is 35.2 Å². The van der Waals surface area contributed by atoms with Crippen molar-refractivity contribution < 1.29 is 47.7 Å². The zero-order valence-electron chi connectivity index (χ0n) is 12.0. The van der Waals surface area contributed by atoms with Crippen LogP contribution in [0, 0.1) is 0 Å². The summed E-state index contributed by atoms with van der Waals surface area (Å²) >= 11 is 0. The molecule has 1 rings (SSSR count). The Hall–Kier alpha value is -1.41. The molecule has 14 heteroatoms. The fraction of sp³-hybridized carbons (Fsp3) is 0.500. The third-order valence-electron chi connectivity index (χ3n) is 2.09. The number of sulfonamides is 2. The number of rotatable bonds is 4. The fourth-order valence-electron chi connectivity index (χ4n) is 1.08. The first-order chi connectivity index (χ1) is 10.6. The van der Waals surface area contributed by atoms with E-state index >= 15 is 0 Å². The van der Waals surface area contributed by atoms with Gasteiger partial charge >= 0.3 is 31.1 Å².